The molecule has 1 aromatic carbocycles. The van der Waals surface area contributed by atoms with Gasteiger partial charge in [0.15, 0.2) is 6.10 Å². The van der Waals surface area contributed by atoms with Crippen molar-refractivity contribution < 1.29 is 4.74 Å². The van der Waals surface area contributed by atoms with E-state index < -0.39 is 6.10 Å². The standard InChI is InChI=1S/C10H10BrNO/c1-7-3-4-9(5-10(7)11)13-8(2)6-12/h3-5,8H,1-2H3. The molecule has 1 rings (SSSR count). The number of aryl methyl sites for hydroxylation is 1. The normalized spacial score (nSPS) is 11.8. The molecule has 0 bridgehead atoms. The Labute approximate surface area is 86.3 Å². The van der Waals surface area contributed by atoms with Crippen molar-refractivity contribution in [1.29, 1.82) is 5.26 Å². The Bertz CT molecular complexity index is 343. The predicted octanol–water partition coefficient (Wildman–Crippen LogP) is 3.05. The first-order valence-corrected chi connectivity index (χ1v) is 4.75. The number of ether oxygens (including phenoxy) is 1. The molecule has 0 aliphatic heterocycles. The SMILES string of the molecule is Cc1ccc(OC(C)C#N)cc1Br. The summed E-state index contributed by atoms with van der Waals surface area (Å²) in [5.41, 5.74) is 1.15. The number of nitrogens with zero attached hydrogens (tertiary/aromatic N) is 1. The highest BCUT2D eigenvalue weighted by Crippen LogP contribution is 2.22. The van der Waals surface area contributed by atoms with E-state index in [4.69, 9.17) is 10.00 Å². The number of hydrogen-bond acceptors (Lipinski definition) is 2. The zero-order valence-corrected chi connectivity index (χ0v) is 9.13. The van der Waals surface area contributed by atoms with Crippen LogP contribution in [0.3, 0.4) is 0 Å². The van der Waals surface area contributed by atoms with Crippen molar-refractivity contribution in [3.63, 3.8) is 0 Å². The molecule has 0 radical (unpaired) electrons. The maximum atomic E-state index is 8.53. The van der Waals surface area contributed by atoms with E-state index >= 15 is 0 Å². The fourth-order valence-electron chi connectivity index (χ4n) is 0.877. The fourth-order valence-corrected chi connectivity index (χ4v) is 1.24. The van der Waals surface area contributed by atoms with Crippen LogP contribution >= 0.6 is 15.9 Å². The Morgan fingerprint density at radius 2 is 2.23 bits per heavy atom. The molecule has 0 aliphatic carbocycles. The minimum Gasteiger partial charge on any atom is -0.476 e. The van der Waals surface area contributed by atoms with E-state index in [0.29, 0.717) is 5.75 Å². The highest BCUT2D eigenvalue weighted by atomic mass is 79.9. The number of hydrogen-bond donors (Lipinski definition) is 0. The van der Waals surface area contributed by atoms with Crippen molar-refractivity contribution in [2.24, 2.45) is 0 Å². The minimum absolute atomic E-state index is 0.408. The van der Waals surface area contributed by atoms with Gasteiger partial charge in [0.05, 0.1) is 0 Å². The third kappa shape index (κ3) is 2.74. The summed E-state index contributed by atoms with van der Waals surface area (Å²) >= 11 is 3.39. The average Bonchev–Trinajstić information content (AvgIpc) is 2.11. The van der Waals surface area contributed by atoms with Crippen LogP contribution < -0.4 is 4.74 Å². The van der Waals surface area contributed by atoms with E-state index in [1.807, 2.05) is 31.2 Å². The second kappa shape index (κ2) is 4.29. The van der Waals surface area contributed by atoms with Crippen LogP contribution in [0.2, 0.25) is 0 Å². The molecule has 0 heterocycles. The number of benzene rings is 1. The number of halogens is 1. The summed E-state index contributed by atoms with van der Waals surface area (Å²) in [5, 5.41) is 8.53. The minimum atomic E-state index is -0.408. The van der Waals surface area contributed by atoms with Crippen LogP contribution in [-0.2, 0) is 0 Å². The molecule has 0 N–H and O–H groups in total. The lowest BCUT2D eigenvalue weighted by atomic mass is 10.2. The first kappa shape index (κ1) is 10.1. The highest BCUT2D eigenvalue weighted by Gasteiger charge is 2.02. The summed E-state index contributed by atoms with van der Waals surface area (Å²) < 4.78 is 6.30. The molecular formula is C10H10BrNO. The second-order valence-electron chi connectivity index (χ2n) is 2.80. The zero-order valence-electron chi connectivity index (χ0n) is 7.54. The molecule has 1 atom stereocenters. The quantitative estimate of drug-likeness (QED) is 0.795. The van der Waals surface area contributed by atoms with Crippen molar-refractivity contribution in [1.82, 2.24) is 0 Å². The zero-order chi connectivity index (χ0) is 9.84. The van der Waals surface area contributed by atoms with Crippen LogP contribution in [0.4, 0.5) is 0 Å². The summed E-state index contributed by atoms with van der Waals surface area (Å²) in [7, 11) is 0. The van der Waals surface area contributed by atoms with Crippen LogP contribution in [-0.4, -0.2) is 6.10 Å². The van der Waals surface area contributed by atoms with Crippen molar-refractivity contribution in [2.45, 2.75) is 20.0 Å². The molecule has 0 saturated heterocycles. The average molecular weight is 240 g/mol. The van der Waals surface area contributed by atoms with Gasteiger partial charge in [-0.15, -0.1) is 0 Å². The molecule has 1 aromatic rings. The lowest BCUT2D eigenvalue weighted by molar-refractivity contribution is 0.276. The van der Waals surface area contributed by atoms with Gasteiger partial charge < -0.3 is 4.74 Å². The van der Waals surface area contributed by atoms with Gasteiger partial charge in [-0.3, -0.25) is 0 Å². The van der Waals surface area contributed by atoms with E-state index in [9.17, 15) is 0 Å². The van der Waals surface area contributed by atoms with E-state index in [2.05, 4.69) is 15.9 Å². The Morgan fingerprint density at radius 1 is 1.54 bits per heavy atom. The van der Waals surface area contributed by atoms with Gasteiger partial charge in [0.25, 0.3) is 0 Å². The third-order valence-corrected chi connectivity index (χ3v) is 2.49. The van der Waals surface area contributed by atoms with Gasteiger partial charge in [-0.1, -0.05) is 22.0 Å². The molecule has 0 aliphatic rings. The molecule has 68 valence electrons. The fraction of sp³-hybridized carbons (Fsp3) is 0.300. The van der Waals surface area contributed by atoms with Crippen LogP contribution in [0.15, 0.2) is 22.7 Å². The van der Waals surface area contributed by atoms with E-state index in [0.717, 1.165) is 10.0 Å². The second-order valence-corrected chi connectivity index (χ2v) is 3.65. The number of rotatable bonds is 2. The molecule has 0 aromatic heterocycles. The largest absolute Gasteiger partial charge is 0.476 e. The first-order valence-electron chi connectivity index (χ1n) is 3.96. The first-order chi connectivity index (χ1) is 6.13. The molecule has 0 spiro atoms. The summed E-state index contributed by atoms with van der Waals surface area (Å²) in [6.45, 7) is 3.72. The van der Waals surface area contributed by atoms with Gasteiger partial charge in [0, 0.05) is 4.47 Å². The van der Waals surface area contributed by atoms with E-state index in [1.54, 1.807) is 6.92 Å². The molecule has 13 heavy (non-hydrogen) atoms. The van der Waals surface area contributed by atoms with Gasteiger partial charge in [-0.25, -0.2) is 0 Å². The van der Waals surface area contributed by atoms with Crippen molar-refractivity contribution in [2.75, 3.05) is 0 Å². The van der Waals surface area contributed by atoms with Crippen LogP contribution in [0.5, 0.6) is 5.75 Å². The molecule has 0 fully saturated rings. The van der Waals surface area contributed by atoms with Crippen molar-refractivity contribution in [3.05, 3.63) is 28.2 Å². The molecule has 0 saturated carbocycles. The monoisotopic (exact) mass is 239 g/mol. The van der Waals surface area contributed by atoms with E-state index in [-0.39, 0.29) is 0 Å². The molecule has 0 amide bonds. The van der Waals surface area contributed by atoms with Gasteiger partial charge in [0.1, 0.15) is 11.8 Å². The Hall–Kier alpha value is -1.01. The summed E-state index contributed by atoms with van der Waals surface area (Å²) in [6, 6.07) is 7.68. The summed E-state index contributed by atoms with van der Waals surface area (Å²) in [5.74, 6) is 0.714. The topological polar surface area (TPSA) is 33.0 Å². The van der Waals surface area contributed by atoms with Gasteiger partial charge in [-0.2, -0.15) is 5.26 Å². The third-order valence-electron chi connectivity index (χ3n) is 1.64. The van der Waals surface area contributed by atoms with Gasteiger partial charge in [0.2, 0.25) is 0 Å². The maximum Gasteiger partial charge on any atom is 0.181 e. The Balaban J connectivity index is 2.81. The summed E-state index contributed by atoms with van der Waals surface area (Å²) in [4.78, 5) is 0. The summed E-state index contributed by atoms with van der Waals surface area (Å²) in [6.07, 6.45) is -0.408. The maximum absolute atomic E-state index is 8.53. The van der Waals surface area contributed by atoms with E-state index in [1.165, 1.54) is 0 Å². The lowest BCUT2D eigenvalue weighted by Crippen LogP contribution is -2.07. The van der Waals surface area contributed by atoms with Gasteiger partial charge >= 0.3 is 0 Å². The molecule has 3 heteroatoms. The number of nitriles is 1. The highest BCUT2D eigenvalue weighted by molar-refractivity contribution is 9.10. The lowest BCUT2D eigenvalue weighted by Gasteiger charge is -2.08. The molecule has 2 nitrogen and oxygen atoms in total. The van der Waals surface area contributed by atoms with Crippen LogP contribution in [0, 0.1) is 18.3 Å². The van der Waals surface area contributed by atoms with Gasteiger partial charge in [-0.05, 0) is 31.5 Å². The smallest absolute Gasteiger partial charge is 0.181 e. The predicted molar refractivity (Wildman–Crippen MR) is 54.6 cm³/mol. The molecular weight excluding hydrogens is 230 g/mol. The molecule has 1 unspecified atom stereocenters. The van der Waals surface area contributed by atoms with Crippen molar-refractivity contribution in [3.8, 4) is 11.8 Å². The van der Waals surface area contributed by atoms with Crippen LogP contribution in [0.25, 0.3) is 0 Å². The van der Waals surface area contributed by atoms with Crippen molar-refractivity contribution >= 4 is 15.9 Å². The van der Waals surface area contributed by atoms with Crippen LogP contribution in [0.1, 0.15) is 12.5 Å². The Morgan fingerprint density at radius 3 is 2.77 bits per heavy atom. The Kier molecular flexibility index (Phi) is 3.32.